The van der Waals surface area contributed by atoms with Crippen LogP contribution in [0.15, 0.2) is 24.3 Å². The Morgan fingerprint density at radius 2 is 1.86 bits per heavy atom. The highest BCUT2D eigenvalue weighted by atomic mass is 16.4. The Labute approximate surface area is 125 Å². The molecule has 4 heteroatoms. The number of carboxylic acids is 1. The fourth-order valence-corrected chi connectivity index (χ4v) is 2.23. The van der Waals surface area contributed by atoms with Crippen molar-refractivity contribution < 1.29 is 14.7 Å². The molecule has 0 fully saturated rings. The van der Waals surface area contributed by atoms with E-state index in [0.29, 0.717) is 31.2 Å². The molecule has 0 radical (unpaired) electrons. The summed E-state index contributed by atoms with van der Waals surface area (Å²) in [7, 11) is 0. The van der Waals surface area contributed by atoms with Crippen LogP contribution in [0.2, 0.25) is 0 Å². The first kappa shape index (κ1) is 16.9. The third-order valence-electron chi connectivity index (χ3n) is 3.58. The quantitative estimate of drug-likeness (QED) is 0.556. The van der Waals surface area contributed by atoms with Gasteiger partial charge in [0, 0.05) is 12.0 Å². The second-order valence-corrected chi connectivity index (χ2v) is 5.23. The second kappa shape index (κ2) is 8.91. The van der Waals surface area contributed by atoms with Crippen LogP contribution < -0.4 is 0 Å². The van der Waals surface area contributed by atoms with Crippen LogP contribution in [-0.2, 0) is 11.2 Å². The average Bonchev–Trinajstić information content (AvgIpc) is 2.46. The number of carbonyl (C=O) groups excluding carboxylic acids is 1. The summed E-state index contributed by atoms with van der Waals surface area (Å²) in [6.07, 6.45) is 3.90. The summed E-state index contributed by atoms with van der Waals surface area (Å²) in [4.78, 5) is 22.4. The fraction of sp³-hybridized carbons (Fsp3) is 0.471. The van der Waals surface area contributed by atoms with Crippen LogP contribution in [0.1, 0.15) is 54.9 Å². The van der Waals surface area contributed by atoms with E-state index in [1.54, 1.807) is 12.1 Å². The summed E-state index contributed by atoms with van der Waals surface area (Å²) in [5.74, 6) is -1.11. The maximum atomic E-state index is 11.2. The fourth-order valence-electron chi connectivity index (χ4n) is 2.23. The van der Waals surface area contributed by atoms with Gasteiger partial charge in [0.2, 0.25) is 0 Å². The molecule has 1 unspecified atom stereocenters. The Morgan fingerprint density at radius 1 is 1.19 bits per heavy atom. The van der Waals surface area contributed by atoms with Crippen LogP contribution in [0.25, 0.3) is 0 Å². The van der Waals surface area contributed by atoms with Crippen LogP contribution in [0.3, 0.4) is 0 Å². The van der Waals surface area contributed by atoms with E-state index < -0.39 is 5.97 Å². The summed E-state index contributed by atoms with van der Waals surface area (Å²) < 4.78 is 0. The lowest BCUT2D eigenvalue weighted by molar-refractivity contribution is -0.142. The molecule has 1 rings (SSSR count). The van der Waals surface area contributed by atoms with Crippen LogP contribution in [-0.4, -0.2) is 16.9 Å². The van der Waals surface area contributed by atoms with Crippen molar-refractivity contribution in [3.63, 3.8) is 0 Å². The van der Waals surface area contributed by atoms with E-state index in [-0.39, 0.29) is 11.7 Å². The van der Waals surface area contributed by atoms with Gasteiger partial charge in [-0.15, -0.1) is 0 Å². The topological polar surface area (TPSA) is 78.2 Å². The van der Waals surface area contributed by atoms with Gasteiger partial charge in [-0.1, -0.05) is 30.7 Å². The molecule has 112 valence electrons. The first-order chi connectivity index (χ1) is 10.0. The van der Waals surface area contributed by atoms with Gasteiger partial charge < -0.3 is 5.11 Å². The molecule has 0 saturated carbocycles. The van der Waals surface area contributed by atoms with Gasteiger partial charge in [0.1, 0.15) is 0 Å². The van der Waals surface area contributed by atoms with E-state index in [1.165, 1.54) is 6.92 Å². The Bertz CT molecular complexity index is 514. The van der Waals surface area contributed by atoms with E-state index in [4.69, 9.17) is 5.26 Å². The Balaban J connectivity index is 2.47. The van der Waals surface area contributed by atoms with E-state index in [1.807, 2.05) is 12.1 Å². The van der Waals surface area contributed by atoms with Crippen LogP contribution >= 0.6 is 0 Å². The lowest BCUT2D eigenvalue weighted by Crippen LogP contribution is -2.14. The van der Waals surface area contributed by atoms with E-state index in [2.05, 4.69) is 6.07 Å². The van der Waals surface area contributed by atoms with E-state index in [0.717, 1.165) is 18.4 Å². The number of ketones is 1. The van der Waals surface area contributed by atoms with Crippen molar-refractivity contribution in [2.24, 2.45) is 5.92 Å². The summed E-state index contributed by atoms with van der Waals surface area (Å²) in [5.41, 5.74) is 1.72. The molecule has 0 aromatic heterocycles. The van der Waals surface area contributed by atoms with E-state index in [9.17, 15) is 14.7 Å². The number of Topliss-reactive ketones (excluding diaryl/α,β-unsaturated/α-hetero) is 1. The molecule has 0 saturated heterocycles. The summed E-state index contributed by atoms with van der Waals surface area (Å²) in [6.45, 7) is 1.52. The molecule has 0 aliphatic rings. The van der Waals surface area contributed by atoms with Crippen LogP contribution in [0.4, 0.5) is 0 Å². The standard InChI is InChI=1S/C17H21NO3/c1-13(19)15-9-6-14(7-10-15)8-11-16(17(20)21)5-3-2-4-12-18/h6-7,9-10,16H,2-5,8,11H2,1H3,(H,20,21). The zero-order chi connectivity index (χ0) is 15.7. The average molecular weight is 287 g/mol. The number of benzene rings is 1. The number of carbonyl (C=O) groups is 2. The number of nitriles is 1. The highest BCUT2D eigenvalue weighted by Crippen LogP contribution is 2.18. The molecule has 21 heavy (non-hydrogen) atoms. The number of aryl methyl sites for hydroxylation is 1. The van der Waals surface area contributed by atoms with Crippen LogP contribution in [0, 0.1) is 17.2 Å². The lowest BCUT2D eigenvalue weighted by Gasteiger charge is -2.12. The minimum Gasteiger partial charge on any atom is -0.481 e. The molecular formula is C17H21NO3. The zero-order valence-corrected chi connectivity index (χ0v) is 12.3. The van der Waals surface area contributed by atoms with Crippen molar-refractivity contribution in [2.75, 3.05) is 0 Å². The molecule has 1 aromatic rings. The Kier molecular flexibility index (Phi) is 7.17. The SMILES string of the molecule is CC(=O)c1ccc(CCC(CCCCC#N)C(=O)O)cc1. The lowest BCUT2D eigenvalue weighted by atomic mass is 9.94. The molecule has 1 aromatic carbocycles. The van der Waals surface area contributed by atoms with Gasteiger partial charge in [-0.3, -0.25) is 9.59 Å². The summed E-state index contributed by atoms with van der Waals surface area (Å²) in [6, 6.07) is 9.38. The molecule has 0 aliphatic heterocycles. The maximum Gasteiger partial charge on any atom is 0.306 e. The highest BCUT2D eigenvalue weighted by molar-refractivity contribution is 5.94. The molecule has 0 amide bonds. The first-order valence-corrected chi connectivity index (χ1v) is 7.24. The van der Waals surface area contributed by atoms with Gasteiger partial charge in [-0.05, 0) is 38.2 Å². The predicted molar refractivity (Wildman–Crippen MR) is 80.0 cm³/mol. The zero-order valence-electron chi connectivity index (χ0n) is 12.3. The predicted octanol–water partition coefficient (Wildman–Crippen LogP) is 3.61. The number of hydrogen-bond donors (Lipinski definition) is 1. The van der Waals surface area contributed by atoms with Gasteiger partial charge in [0.15, 0.2) is 5.78 Å². The number of aliphatic carboxylic acids is 1. The molecule has 0 aliphatic carbocycles. The van der Waals surface area contributed by atoms with Gasteiger partial charge in [0.25, 0.3) is 0 Å². The van der Waals surface area contributed by atoms with Gasteiger partial charge >= 0.3 is 5.97 Å². The highest BCUT2D eigenvalue weighted by Gasteiger charge is 2.16. The monoisotopic (exact) mass is 287 g/mol. The van der Waals surface area contributed by atoms with Crippen molar-refractivity contribution in [1.82, 2.24) is 0 Å². The Morgan fingerprint density at radius 3 is 2.38 bits per heavy atom. The normalized spacial score (nSPS) is 11.6. The molecular weight excluding hydrogens is 266 g/mol. The van der Waals surface area contributed by atoms with Crippen molar-refractivity contribution in [3.05, 3.63) is 35.4 Å². The maximum absolute atomic E-state index is 11.2. The molecule has 4 nitrogen and oxygen atoms in total. The van der Waals surface area contributed by atoms with Gasteiger partial charge in [-0.2, -0.15) is 5.26 Å². The molecule has 1 N–H and O–H groups in total. The van der Waals surface area contributed by atoms with Crippen molar-refractivity contribution >= 4 is 11.8 Å². The Hall–Kier alpha value is -2.15. The second-order valence-electron chi connectivity index (χ2n) is 5.23. The van der Waals surface area contributed by atoms with Gasteiger partial charge in [0.05, 0.1) is 12.0 Å². The summed E-state index contributed by atoms with van der Waals surface area (Å²) in [5, 5.41) is 17.7. The van der Waals surface area contributed by atoms with Crippen LogP contribution in [0.5, 0.6) is 0 Å². The number of unbranched alkanes of at least 4 members (excludes halogenated alkanes) is 2. The molecule has 0 heterocycles. The molecule has 0 bridgehead atoms. The van der Waals surface area contributed by atoms with Crippen molar-refractivity contribution in [3.8, 4) is 6.07 Å². The van der Waals surface area contributed by atoms with Crippen molar-refractivity contribution in [2.45, 2.75) is 45.4 Å². The minimum absolute atomic E-state index is 0.0301. The number of carboxylic acid groups (broad SMARTS) is 1. The third kappa shape index (κ3) is 6.22. The smallest absolute Gasteiger partial charge is 0.306 e. The third-order valence-corrected chi connectivity index (χ3v) is 3.58. The molecule has 1 atom stereocenters. The summed E-state index contributed by atoms with van der Waals surface area (Å²) >= 11 is 0. The molecule has 0 spiro atoms. The largest absolute Gasteiger partial charge is 0.481 e. The first-order valence-electron chi connectivity index (χ1n) is 7.24. The van der Waals surface area contributed by atoms with Crippen molar-refractivity contribution in [1.29, 1.82) is 5.26 Å². The number of nitrogens with zero attached hydrogens (tertiary/aromatic N) is 1. The number of hydrogen-bond acceptors (Lipinski definition) is 3. The number of rotatable bonds is 9. The minimum atomic E-state index is -0.771. The van der Waals surface area contributed by atoms with Gasteiger partial charge in [-0.25, -0.2) is 0 Å². The van der Waals surface area contributed by atoms with E-state index >= 15 is 0 Å².